The van der Waals surface area contributed by atoms with Crippen molar-refractivity contribution in [1.82, 2.24) is 25.3 Å². The largest absolute Gasteiger partial charge is 0.438 e. The molecule has 6 nitrogen and oxygen atoms in total. The minimum absolute atomic E-state index is 0.445. The summed E-state index contributed by atoms with van der Waals surface area (Å²) >= 11 is 3.52. The van der Waals surface area contributed by atoms with Crippen LogP contribution >= 0.6 is 15.9 Å². The van der Waals surface area contributed by atoms with Gasteiger partial charge in [-0.05, 0) is 53.6 Å². The van der Waals surface area contributed by atoms with Crippen LogP contribution in [0.5, 0.6) is 11.6 Å². The summed E-state index contributed by atoms with van der Waals surface area (Å²) in [6.45, 7) is 4.03. The van der Waals surface area contributed by atoms with Crippen LogP contribution in [0.25, 0.3) is 5.65 Å². The van der Waals surface area contributed by atoms with Crippen molar-refractivity contribution in [1.29, 1.82) is 0 Å². The number of hydrogen-bond acceptors (Lipinski definition) is 5. The number of fused-ring (bicyclic) bond motifs is 1. The van der Waals surface area contributed by atoms with E-state index in [1.54, 1.807) is 12.1 Å². The van der Waals surface area contributed by atoms with Crippen molar-refractivity contribution in [3.05, 3.63) is 39.9 Å². The van der Waals surface area contributed by atoms with Gasteiger partial charge in [-0.1, -0.05) is 15.9 Å². The van der Waals surface area contributed by atoms with Gasteiger partial charge < -0.3 is 4.74 Å². The molecule has 0 aliphatic rings. The molecule has 2 heterocycles. The number of hydrogen-bond donors (Lipinski definition) is 0. The van der Waals surface area contributed by atoms with Gasteiger partial charge in [0.1, 0.15) is 5.75 Å². The van der Waals surface area contributed by atoms with E-state index in [1.807, 2.05) is 26.0 Å². The number of tetrazole rings is 1. The molecule has 0 fully saturated rings. The van der Waals surface area contributed by atoms with E-state index < -0.39 is 0 Å². The lowest BCUT2D eigenvalue weighted by molar-refractivity contribution is 0.446. The third-order valence-corrected chi connectivity index (χ3v) is 3.93. The minimum Gasteiger partial charge on any atom is -0.438 e. The van der Waals surface area contributed by atoms with Crippen LogP contribution in [-0.2, 0) is 0 Å². The van der Waals surface area contributed by atoms with E-state index >= 15 is 0 Å². The van der Waals surface area contributed by atoms with Gasteiger partial charge in [-0.3, -0.25) is 0 Å². The molecule has 0 atom stereocenters. The molecule has 0 saturated heterocycles. The van der Waals surface area contributed by atoms with Gasteiger partial charge in [0.25, 0.3) is 0 Å². The van der Waals surface area contributed by atoms with E-state index in [4.69, 9.17) is 4.74 Å². The van der Waals surface area contributed by atoms with Gasteiger partial charge in [0.2, 0.25) is 5.88 Å². The van der Waals surface area contributed by atoms with Gasteiger partial charge in [0.15, 0.2) is 5.65 Å². The van der Waals surface area contributed by atoms with Crippen LogP contribution in [0.1, 0.15) is 11.1 Å². The van der Waals surface area contributed by atoms with Crippen molar-refractivity contribution in [2.24, 2.45) is 0 Å². The number of halogens is 1. The number of aromatic nitrogens is 5. The van der Waals surface area contributed by atoms with E-state index in [1.165, 1.54) is 4.63 Å². The molecule has 0 N–H and O–H groups in total. The number of ether oxygens (including phenoxy) is 1. The zero-order chi connectivity index (χ0) is 13.4. The number of rotatable bonds is 2. The quantitative estimate of drug-likeness (QED) is 0.726. The first-order chi connectivity index (χ1) is 9.13. The molecule has 1 aromatic carbocycles. The van der Waals surface area contributed by atoms with Crippen LogP contribution in [0.15, 0.2) is 28.7 Å². The van der Waals surface area contributed by atoms with Crippen molar-refractivity contribution in [3.63, 3.8) is 0 Å². The van der Waals surface area contributed by atoms with Gasteiger partial charge in [0, 0.05) is 10.5 Å². The van der Waals surface area contributed by atoms with Crippen molar-refractivity contribution >= 4 is 21.6 Å². The molecule has 0 unspecified atom stereocenters. The van der Waals surface area contributed by atoms with Crippen LogP contribution < -0.4 is 4.74 Å². The molecule has 0 spiro atoms. The van der Waals surface area contributed by atoms with E-state index in [9.17, 15) is 0 Å². The lowest BCUT2D eigenvalue weighted by atomic mass is 10.1. The summed E-state index contributed by atoms with van der Waals surface area (Å²) in [5.41, 5.74) is 2.80. The first kappa shape index (κ1) is 12.0. The third kappa shape index (κ3) is 2.28. The maximum absolute atomic E-state index is 5.72. The van der Waals surface area contributed by atoms with Gasteiger partial charge in [-0.2, -0.15) is 0 Å². The Morgan fingerprint density at radius 1 is 1.16 bits per heavy atom. The van der Waals surface area contributed by atoms with Crippen LogP contribution in [0, 0.1) is 13.8 Å². The molecule has 0 aliphatic heterocycles. The molecule has 0 saturated carbocycles. The second-order valence-corrected chi connectivity index (χ2v) is 4.96. The minimum atomic E-state index is 0.445. The molecular weight excluding hydrogens is 310 g/mol. The maximum atomic E-state index is 5.72. The summed E-state index contributed by atoms with van der Waals surface area (Å²) in [7, 11) is 0. The highest BCUT2D eigenvalue weighted by atomic mass is 79.9. The maximum Gasteiger partial charge on any atom is 0.239 e. The number of benzene rings is 1. The zero-order valence-electron chi connectivity index (χ0n) is 10.3. The normalized spacial score (nSPS) is 10.9. The summed E-state index contributed by atoms with van der Waals surface area (Å²) in [4.78, 5) is 0. The smallest absolute Gasteiger partial charge is 0.239 e. The van der Waals surface area contributed by atoms with E-state index in [-0.39, 0.29) is 0 Å². The summed E-state index contributed by atoms with van der Waals surface area (Å²) in [5, 5.41) is 15.2. The van der Waals surface area contributed by atoms with Crippen LogP contribution in [0.4, 0.5) is 0 Å². The Labute approximate surface area is 117 Å². The molecular formula is C12H10BrN5O. The van der Waals surface area contributed by atoms with Crippen LogP contribution in [0.2, 0.25) is 0 Å². The lowest BCUT2D eigenvalue weighted by Gasteiger charge is -2.08. The van der Waals surface area contributed by atoms with E-state index in [0.29, 0.717) is 11.5 Å². The molecule has 3 rings (SSSR count). The summed E-state index contributed by atoms with van der Waals surface area (Å²) in [6, 6.07) is 7.38. The molecule has 7 heteroatoms. The Bertz CT molecular complexity index is 732. The van der Waals surface area contributed by atoms with Gasteiger partial charge in [-0.15, -0.1) is 14.8 Å². The van der Waals surface area contributed by atoms with E-state index in [0.717, 1.165) is 21.3 Å². The van der Waals surface area contributed by atoms with Crippen molar-refractivity contribution in [2.45, 2.75) is 13.8 Å². The van der Waals surface area contributed by atoms with Crippen molar-refractivity contribution in [2.75, 3.05) is 0 Å². The van der Waals surface area contributed by atoms with Crippen molar-refractivity contribution < 1.29 is 4.74 Å². The fourth-order valence-corrected chi connectivity index (χ4v) is 2.00. The molecule has 0 amide bonds. The second kappa shape index (κ2) is 4.58. The van der Waals surface area contributed by atoms with E-state index in [2.05, 4.69) is 36.6 Å². The molecule has 0 radical (unpaired) electrons. The molecule has 0 aliphatic carbocycles. The Balaban J connectivity index is 1.96. The SMILES string of the molecule is Cc1cc(Oc2ccc3nnnn3n2)cc(C)c1Br. The molecule has 3 aromatic rings. The standard InChI is InChI=1S/C12H10BrN5O/c1-7-5-9(6-8(2)12(7)13)19-11-4-3-10-14-16-17-18(10)15-11/h3-6H,1-2H3. The fraction of sp³-hybridized carbons (Fsp3) is 0.167. The van der Waals surface area contributed by atoms with Gasteiger partial charge in [-0.25, -0.2) is 0 Å². The highest BCUT2D eigenvalue weighted by Gasteiger charge is 2.06. The predicted octanol–water partition coefficient (Wildman–Crippen LogP) is 2.69. The van der Waals surface area contributed by atoms with Crippen LogP contribution in [0.3, 0.4) is 0 Å². The van der Waals surface area contributed by atoms with Gasteiger partial charge >= 0.3 is 0 Å². The van der Waals surface area contributed by atoms with Crippen molar-refractivity contribution in [3.8, 4) is 11.6 Å². The van der Waals surface area contributed by atoms with Gasteiger partial charge in [0.05, 0.1) is 0 Å². The topological polar surface area (TPSA) is 65.2 Å². The highest BCUT2D eigenvalue weighted by molar-refractivity contribution is 9.10. The Morgan fingerprint density at radius 2 is 1.89 bits per heavy atom. The zero-order valence-corrected chi connectivity index (χ0v) is 11.9. The first-order valence-electron chi connectivity index (χ1n) is 5.63. The summed E-state index contributed by atoms with van der Waals surface area (Å²) in [6.07, 6.45) is 0. The Hall–Kier alpha value is -2.02. The Morgan fingerprint density at radius 3 is 2.63 bits per heavy atom. The monoisotopic (exact) mass is 319 g/mol. The average Bonchev–Trinajstić information content (AvgIpc) is 2.83. The number of nitrogens with zero attached hydrogens (tertiary/aromatic N) is 5. The number of aryl methyl sites for hydroxylation is 2. The first-order valence-corrected chi connectivity index (χ1v) is 6.43. The van der Waals surface area contributed by atoms with Crippen LogP contribution in [-0.4, -0.2) is 25.3 Å². The summed E-state index contributed by atoms with van der Waals surface area (Å²) < 4.78 is 8.14. The summed E-state index contributed by atoms with van der Waals surface area (Å²) in [5.74, 6) is 1.18. The third-order valence-electron chi connectivity index (χ3n) is 2.68. The Kier molecular flexibility index (Phi) is 2.90. The lowest BCUT2D eigenvalue weighted by Crippen LogP contribution is -1.97. The molecule has 19 heavy (non-hydrogen) atoms. The predicted molar refractivity (Wildman–Crippen MR) is 72.3 cm³/mol. The highest BCUT2D eigenvalue weighted by Crippen LogP contribution is 2.28. The average molecular weight is 320 g/mol. The molecule has 0 bridgehead atoms. The molecule has 96 valence electrons. The fourth-order valence-electron chi connectivity index (χ4n) is 1.77. The second-order valence-electron chi connectivity index (χ2n) is 4.17. The molecule has 2 aromatic heterocycles.